The molecule has 0 fully saturated rings. The molecule has 104 valence electrons. The van der Waals surface area contributed by atoms with Gasteiger partial charge in [0.1, 0.15) is 5.75 Å². The maximum absolute atomic E-state index is 12.0. The average molecular weight is 329 g/mol. The highest BCUT2D eigenvalue weighted by molar-refractivity contribution is 9.10. The standard InChI is InChI=1S/C14H17BrO4/c1-3-8-19-14(17)7-6-13(16)11-9-10(18-2)4-5-12(11)15/h4-5,9H,3,6-8H2,1-2H3. The van der Waals surface area contributed by atoms with Crippen molar-refractivity contribution in [2.45, 2.75) is 26.2 Å². The van der Waals surface area contributed by atoms with Gasteiger partial charge in [0.25, 0.3) is 0 Å². The van der Waals surface area contributed by atoms with E-state index in [0.29, 0.717) is 22.4 Å². The Bertz CT molecular complexity index is 457. The molecule has 0 radical (unpaired) electrons. The molecule has 0 spiro atoms. The molecule has 0 unspecified atom stereocenters. The molecule has 0 aromatic heterocycles. The van der Waals surface area contributed by atoms with E-state index in [9.17, 15) is 9.59 Å². The topological polar surface area (TPSA) is 52.6 Å². The van der Waals surface area contributed by atoms with Crippen molar-refractivity contribution in [2.24, 2.45) is 0 Å². The predicted molar refractivity (Wildman–Crippen MR) is 75.5 cm³/mol. The normalized spacial score (nSPS) is 10.1. The molecular weight excluding hydrogens is 312 g/mol. The van der Waals surface area contributed by atoms with Gasteiger partial charge in [0, 0.05) is 16.5 Å². The molecule has 0 saturated heterocycles. The average Bonchev–Trinajstić information content (AvgIpc) is 2.43. The third kappa shape index (κ3) is 5.03. The molecule has 0 saturated carbocycles. The molecule has 0 atom stereocenters. The minimum atomic E-state index is -0.339. The third-order valence-electron chi connectivity index (χ3n) is 2.50. The third-order valence-corrected chi connectivity index (χ3v) is 3.19. The van der Waals surface area contributed by atoms with Crippen molar-refractivity contribution < 1.29 is 19.1 Å². The summed E-state index contributed by atoms with van der Waals surface area (Å²) in [4.78, 5) is 23.4. The highest BCUT2D eigenvalue weighted by Crippen LogP contribution is 2.24. The van der Waals surface area contributed by atoms with E-state index in [1.165, 1.54) is 0 Å². The van der Waals surface area contributed by atoms with Crippen LogP contribution in [0.15, 0.2) is 22.7 Å². The molecule has 1 aromatic carbocycles. The first-order chi connectivity index (χ1) is 9.08. The summed E-state index contributed by atoms with van der Waals surface area (Å²) in [6.07, 6.45) is 1.01. The van der Waals surface area contributed by atoms with E-state index < -0.39 is 0 Å². The van der Waals surface area contributed by atoms with Gasteiger partial charge in [-0.25, -0.2) is 0 Å². The number of benzene rings is 1. The van der Waals surface area contributed by atoms with E-state index in [-0.39, 0.29) is 24.6 Å². The van der Waals surface area contributed by atoms with Gasteiger partial charge in [0.15, 0.2) is 5.78 Å². The van der Waals surface area contributed by atoms with Gasteiger partial charge in [-0.15, -0.1) is 0 Å². The van der Waals surface area contributed by atoms with E-state index in [2.05, 4.69) is 15.9 Å². The summed E-state index contributed by atoms with van der Waals surface area (Å²) in [5.74, 6) is 0.161. The van der Waals surface area contributed by atoms with E-state index in [1.807, 2.05) is 6.92 Å². The molecule has 0 aliphatic carbocycles. The first kappa shape index (κ1) is 15.7. The lowest BCUT2D eigenvalue weighted by Crippen LogP contribution is -2.09. The zero-order chi connectivity index (χ0) is 14.3. The first-order valence-electron chi connectivity index (χ1n) is 6.10. The van der Waals surface area contributed by atoms with Gasteiger partial charge in [0.05, 0.1) is 20.1 Å². The van der Waals surface area contributed by atoms with E-state index >= 15 is 0 Å². The molecule has 19 heavy (non-hydrogen) atoms. The summed E-state index contributed by atoms with van der Waals surface area (Å²) in [6.45, 7) is 2.32. The molecule has 1 rings (SSSR count). The maximum Gasteiger partial charge on any atom is 0.306 e. The van der Waals surface area contributed by atoms with Gasteiger partial charge in [-0.1, -0.05) is 22.9 Å². The lowest BCUT2D eigenvalue weighted by Gasteiger charge is -2.07. The van der Waals surface area contributed by atoms with Crippen molar-refractivity contribution in [3.8, 4) is 5.75 Å². The summed E-state index contributed by atoms with van der Waals surface area (Å²) in [5.41, 5.74) is 0.516. The second-order valence-electron chi connectivity index (χ2n) is 3.99. The van der Waals surface area contributed by atoms with Crippen LogP contribution in [0.5, 0.6) is 5.75 Å². The highest BCUT2D eigenvalue weighted by Gasteiger charge is 2.13. The number of esters is 1. The summed E-state index contributed by atoms with van der Waals surface area (Å²) < 4.78 is 10.7. The van der Waals surface area contributed by atoms with Crippen LogP contribution < -0.4 is 4.74 Å². The van der Waals surface area contributed by atoms with Crippen molar-refractivity contribution in [1.29, 1.82) is 0 Å². The monoisotopic (exact) mass is 328 g/mol. The Balaban J connectivity index is 2.60. The second kappa shape index (κ2) is 7.94. The number of ether oxygens (including phenoxy) is 2. The Hall–Kier alpha value is -1.36. The number of hydrogen-bond donors (Lipinski definition) is 0. The minimum absolute atomic E-state index is 0.0997. The Labute approximate surface area is 121 Å². The molecule has 0 aliphatic rings. The molecule has 0 N–H and O–H groups in total. The van der Waals surface area contributed by atoms with Crippen molar-refractivity contribution >= 4 is 27.7 Å². The second-order valence-corrected chi connectivity index (χ2v) is 4.84. The van der Waals surface area contributed by atoms with Crippen molar-refractivity contribution in [3.05, 3.63) is 28.2 Å². The first-order valence-corrected chi connectivity index (χ1v) is 6.90. The molecule has 4 nitrogen and oxygen atoms in total. The lowest BCUT2D eigenvalue weighted by atomic mass is 10.1. The number of Topliss-reactive ketones (excluding diaryl/α,β-unsaturated/α-hetero) is 1. The van der Waals surface area contributed by atoms with Crippen LogP contribution in [-0.4, -0.2) is 25.5 Å². The van der Waals surface area contributed by atoms with Gasteiger partial charge in [-0.05, 0) is 24.6 Å². The maximum atomic E-state index is 12.0. The SMILES string of the molecule is CCCOC(=O)CCC(=O)c1cc(OC)ccc1Br. The fourth-order valence-electron chi connectivity index (χ4n) is 1.48. The van der Waals surface area contributed by atoms with Gasteiger partial charge in [0.2, 0.25) is 0 Å². The molecule has 0 aliphatic heterocycles. The Morgan fingerprint density at radius 1 is 1.26 bits per heavy atom. The van der Waals surface area contributed by atoms with Crippen molar-refractivity contribution in [2.75, 3.05) is 13.7 Å². The summed E-state index contributed by atoms with van der Waals surface area (Å²) in [6, 6.07) is 5.17. The Morgan fingerprint density at radius 2 is 2.00 bits per heavy atom. The van der Waals surface area contributed by atoms with Gasteiger partial charge < -0.3 is 9.47 Å². The van der Waals surface area contributed by atoms with Crippen LogP contribution in [-0.2, 0) is 9.53 Å². The smallest absolute Gasteiger partial charge is 0.306 e. The zero-order valence-electron chi connectivity index (χ0n) is 11.1. The molecule has 0 bridgehead atoms. The van der Waals surface area contributed by atoms with Gasteiger partial charge >= 0.3 is 5.97 Å². The quantitative estimate of drug-likeness (QED) is 0.568. The zero-order valence-corrected chi connectivity index (χ0v) is 12.7. The highest BCUT2D eigenvalue weighted by atomic mass is 79.9. The van der Waals surface area contributed by atoms with Crippen LogP contribution in [0.2, 0.25) is 0 Å². The lowest BCUT2D eigenvalue weighted by molar-refractivity contribution is -0.143. The number of carbonyl (C=O) groups excluding carboxylic acids is 2. The van der Waals surface area contributed by atoms with E-state index in [4.69, 9.17) is 9.47 Å². The van der Waals surface area contributed by atoms with Crippen LogP contribution >= 0.6 is 15.9 Å². The molecule has 5 heteroatoms. The summed E-state index contributed by atoms with van der Waals surface area (Å²) in [7, 11) is 1.54. The van der Waals surface area contributed by atoms with Crippen LogP contribution in [0.3, 0.4) is 0 Å². The van der Waals surface area contributed by atoms with E-state index in [1.54, 1.807) is 25.3 Å². The van der Waals surface area contributed by atoms with Crippen LogP contribution in [0, 0.1) is 0 Å². The number of hydrogen-bond acceptors (Lipinski definition) is 4. The number of methoxy groups -OCH3 is 1. The number of carbonyl (C=O) groups is 2. The van der Waals surface area contributed by atoms with Crippen LogP contribution in [0.1, 0.15) is 36.5 Å². The Kier molecular flexibility index (Phi) is 6.56. The molecular formula is C14H17BrO4. The van der Waals surface area contributed by atoms with Crippen molar-refractivity contribution in [3.63, 3.8) is 0 Å². The van der Waals surface area contributed by atoms with Gasteiger partial charge in [-0.3, -0.25) is 9.59 Å². The summed E-state index contributed by atoms with van der Waals surface area (Å²) >= 11 is 3.32. The molecule has 0 heterocycles. The van der Waals surface area contributed by atoms with Crippen LogP contribution in [0.25, 0.3) is 0 Å². The predicted octanol–water partition coefficient (Wildman–Crippen LogP) is 3.37. The number of rotatable bonds is 7. The van der Waals surface area contributed by atoms with Crippen LogP contribution in [0.4, 0.5) is 0 Å². The molecule has 0 amide bonds. The van der Waals surface area contributed by atoms with Gasteiger partial charge in [-0.2, -0.15) is 0 Å². The fourth-order valence-corrected chi connectivity index (χ4v) is 1.95. The van der Waals surface area contributed by atoms with Crippen molar-refractivity contribution in [1.82, 2.24) is 0 Å². The largest absolute Gasteiger partial charge is 0.497 e. The minimum Gasteiger partial charge on any atom is -0.497 e. The van der Waals surface area contributed by atoms with E-state index in [0.717, 1.165) is 6.42 Å². The fraction of sp³-hybridized carbons (Fsp3) is 0.429. The Morgan fingerprint density at radius 3 is 2.63 bits per heavy atom. The summed E-state index contributed by atoms with van der Waals surface area (Å²) in [5, 5.41) is 0. The number of ketones is 1. The number of halogens is 1. The molecule has 1 aromatic rings.